The Morgan fingerprint density at radius 2 is 2.20 bits per heavy atom. The third-order valence-corrected chi connectivity index (χ3v) is 3.19. The van der Waals surface area contributed by atoms with E-state index in [1.54, 1.807) is 29.3 Å². The van der Waals surface area contributed by atoms with Crippen LogP contribution in [0.4, 0.5) is 10.1 Å². The molecule has 2 heterocycles. The first kappa shape index (κ1) is 12.6. The van der Waals surface area contributed by atoms with Crippen LogP contribution < -0.4 is 9.64 Å². The average molecular weight is 272 g/mol. The molecule has 20 heavy (non-hydrogen) atoms. The molecule has 1 aliphatic heterocycles. The summed E-state index contributed by atoms with van der Waals surface area (Å²) in [7, 11) is 0. The quantitative estimate of drug-likeness (QED) is 0.801. The molecule has 0 saturated heterocycles. The largest absolute Gasteiger partial charge is 0.489 e. The van der Waals surface area contributed by atoms with E-state index in [1.807, 2.05) is 6.92 Å². The van der Waals surface area contributed by atoms with Gasteiger partial charge in [0.15, 0.2) is 0 Å². The van der Waals surface area contributed by atoms with Crippen LogP contribution in [0.15, 0.2) is 36.5 Å². The van der Waals surface area contributed by atoms with Crippen molar-refractivity contribution in [3.63, 3.8) is 0 Å². The molecule has 3 rings (SSSR count). The van der Waals surface area contributed by atoms with Gasteiger partial charge >= 0.3 is 0 Å². The molecule has 1 aromatic heterocycles. The Hall–Kier alpha value is -2.43. The number of carbonyl (C=O) groups excluding carboxylic acids is 1. The van der Waals surface area contributed by atoms with Crippen LogP contribution in [-0.2, 0) is 0 Å². The summed E-state index contributed by atoms with van der Waals surface area (Å²) in [6, 6.07) is 7.70. The fraction of sp³-hybridized carbons (Fsp3) is 0.200. The number of rotatable bonds is 1. The normalized spacial score (nSPS) is 13.6. The lowest BCUT2D eigenvalue weighted by Crippen LogP contribution is -2.38. The first-order chi connectivity index (χ1) is 9.65. The molecule has 0 unspecified atom stereocenters. The number of pyridine rings is 1. The topological polar surface area (TPSA) is 42.4 Å². The van der Waals surface area contributed by atoms with E-state index in [0.29, 0.717) is 30.2 Å². The molecule has 1 aliphatic rings. The van der Waals surface area contributed by atoms with Gasteiger partial charge in [-0.3, -0.25) is 9.78 Å². The van der Waals surface area contributed by atoms with Gasteiger partial charge in [-0.25, -0.2) is 4.39 Å². The fourth-order valence-electron chi connectivity index (χ4n) is 2.15. The molecule has 5 heteroatoms. The predicted octanol–water partition coefficient (Wildman–Crippen LogP) is 2.57. The van der Waals surface area contributed by atoms with Gasteiger partial charge < -0.3 is 9.64 Å². The van der Waals surface area contributed by atoms with Crippen molar-refractivity contribution in [1.82, 2.24) is 4.98 Å². The van der Waals surface area contributed by atoms with Crippen LogP contribution >= 0.6 is 0 Å². The maximum Gasteiger partial charge on any atom is 0.260 e. The van der Waals surface area contributed by atoms with Crippen molar-refractivity contribution in [2.45, 2.75) is 6.92 Å². The molecule has 0 bridgehead atoms. The van der Waals surface area contributed by atoms with E-state index in [1.165, 1.54) is 12.1 Å². The molecule has 0 fully saturated rings. The predicted molar refractivity (Wildman–Crippen MR) is 72.5 cm³/mol. The molecule has 2 aromatic rings. The molecule has 0 atom stereocenters. The highest BCUT2D eigenvalue weighted by Crippen LogP contribution is 2.32. The van der Waals surface area contributed by atoms with E-state index in [9.17, 15) is 9.18 Å². The monoisotopic (exact) mass is 272 g/mol. The summed E-state index contributed by atoms with van der Waals surface area (Å²) >= 11 is 0. The first-order valence-corrected chi connectivity index (χ1v) is 6.32. The van der Waals surface area contributed by atoms with E-state index in [-0.39, 0.29) is 11.7 Å². The van der Waals surface area contributed by atoms with E-state index < -0.39 is 0 Å². The number of halogens is 1. The number of ether oxygens (including phenoxy) is 1. The van der Waals surface area contributed by atoms with Gasteiger partial charge in [-0.05, 0) is 31.2 Å². The van der Waals surface area contributed by atoms with Crippen LogP contribution in [-0.4, -0.2) is 24.0 Å². The van der Waals surface area contributed by atoms with Crippen LogP contribution in [0.5, 0.6) is 5.75 Å². The van der Waals surface area contributed by atoms with Crippen LogP contribution in [0.2, 0.25) is 0 Å². The van der Waals surface area contributed by atoms with E-state index in [0.717, 1.165) is 5.69 Å². The second-order valence-corrected chi connectivity index (χ2v) is 4.61. The van der Waals surface area contributed by atoms with Gasteiger partial charge in [0, 0.05) is 18.0 Å². The number of fused-ring (bicyclic) bond motifs is 1. The Bertz CT molecular complexity index is 655. The number of aryl methyl sites for hydroxylation is 1. The van der Waals surface area contributed by atoms with Crippen molar-refractivity contribution in [2.24, 2.45) is 0 Å². The highest BCUT2D eigenvalue weighted by atomic mass is 19.1. The summed E-state index contributed by atoms with van der Waals surface area (Å²) < 4.78 is 18.6. The number of hydrogen-bond acceptors (Lipinski definition) is 3. The third-order valence-electron chi connectivity index (χ3n) is 3.19. The zero-order valence-electron chi connectivity index (χ0n) is 11.0. The molecular formula is C15H13FN2O2. The van der Waals surface area contributed by atoms with Crippen molar-refractivity contribution in [1.29, 1.82) is 0 Å². The highest BCUT2D eigenvalue weighted by molar-refractivity contribution is 6.06. The molecule has 1 amide bonds. The Morgan fingerprint density at radius 1 is 1.35 bits per heavy atom. The zero-order valence-corrected chi connectivity index (χ0v) is 11.0. The Kier molecular flexibility index (Phi) is 3.10. The maximum atomic E-state index is 13.2. The molecular weight excluding hydrogens is 259 g/mol. The van der Waals surface area contributed by atoms with Crippen LogP contribution in [0.1, 0.15) is 16.1 Å². The molecule has 0 aliphatic carbocycles. The van der Waals surface area contributed by atoms with Gasteiger partial charge in [-0.1, -0.05) is 0 Å². The van der Waals surface area contributed by atoms with Gasteiger partial charge in [-0.2, -0.15) is 0 Å². The number of carbonyl (C=O) groups is 1. The lowest BCUT2D eigenvalue weighted by molar-refractivity contribution is 0.0976. The molecule has 0 N–H and O–H groups in total. The van der Waals surface area contributed by atoms with Crippen LogP contribution in [0.3, 0.4) is 0 Å². The number of hydrogen-bond donors (Lipinski definition) is 0. The Labute approximate surface area is 115 Å². The Morgan fingerprint density at radius 3 is 2.95 bits per heavy atom. The minimum atomic E-state index is -0.380. The third kappa shape index (κ3) is 2.22. The van der Waals surface area contributed by atoms with Gasteiger partial charge in [0.1, 0.15) is 18.2 Å². The second kappa shape index (κ2) is 4.92. The van der Waals surface area contributed by atoms with Gasteiger partial charge in [0.2, 0.25) is 0 Å². The number of amides is 1. The summed E-state index contributed by atoms with van der Waals surface area (Å²) in [4.78, 5) is 18.2. The number of nitrogens with zero attached hydrogens (tertiary/aromatic N) is 2. The summed E-state index contributed by atoms with van der Waals surface area (Å²) in [6.07, 6.45) is 1.55. The summed E-state index contributed by atoms with van der Waals surface area (Å²) in [5, 5.41) is 0. The van der Waals surface area contributed by atoms with Gasteiger partial charge in [-0.15, -0.1) is 0 Å². The molecule has 102 valence electrons. The van der Waals surface area contributed by atoms with Crippen LogP contribution in [0, 0.1) is 12.7 Å². The number of aromatic nitrogens is 1. The standard InChI is InChI=1S/C15H13FN2O2/c1-10-2-3-11(9-17-10)15(19)18-6-7-20-14-8-12(16)4-5-13(14)18/h2-5,8-9H,6-7H2,1H3. The van der Waals surface area contributed by atoms with E-state index >= 15 is 0 Å². The van der Waals surface area contributed by atoms with E-state index in [2.05, 4.69) is 4.98 Å². The fourth-order valence-corrected chi connectivity index (χ4v) is 2.15. The lowest BCUT2D eigenvalue weighted by atomic mass is 10.2. The van der Waals surface area contributed by atoms with E-state index in [4.69, 9.17) is 4.74 Å². The average Bonchev–Trinajstić information content (AvgIpc) is 2.46. The zero-order chi connectivity index (χ0) is 14.1. The minimum absolute atomic E-state index is 0.159. The number of benzene rings is 1. The van der Waals surface area contributed by atoms with Crippen LogP contribution in [0.25, 0.3) is 0 Å². The van der Waals surface area contributed by atoms with Crippen molar-refractivity contribution in [2.75, 3.05) is 18.1 Å². The SMILES string of the molecule is Cc1ccc(C(=O)N2CCOc3cc(F)ccc32)cn1. The van der Waals surface area contributed by atoms with Gasteiger partial charge in [0.25, 0.3) is 5.91 Å². The van der Waals surface area contributed by atoms with Crippen molar-refractivity contribution < 1.29 is 13.9 Å². The molecule has 4 nitrogen and oxygen atoms in total. The van der Waals surface area contributed by atoms with Crippen molar-refractivity contribution in [3.05, 3.63) is 53.6 Å². The lowest BCUT2D eigenvalue weighted by Gasteiger charge is -2.29. The van der Waals surface area contributed by atoms with Crippen molar-refractivity contribution in [3.8, 4) is 5.75 Å². The van der Waals surface area contributed by atoms with Crippen molar-refractivity contribution >= 4 is 11.6 Å². The first-order valence-electron chi connectivity index (χ1n) is 6.32. The summed E-state index contributed by atoms with van der Waals surface area (Å²) in [5.41, 5.74) is 1.95. The Balaban J connectivity index is 1.96. The molecule has 0 radical (unpaired) electrons. The molecule has 1 aromatic carbocycles. The smallest absolute Gasteiger partial charge is 0.260 e. The van der Waals surface area contributed by atoms with Gasteiger partial charge in [0.05, 0.1) is 17.8 Å². The highest BCUT2D eigenvalue weighted by Gasteiger charge is 2.25. The summed E-state index contributed by atoms with van der Waals surface area (Å²) in [6.45, 7) is 2.65. The second-order valence-electron chi connectivity index (χ2n) is 4.61. The molecule has 0 spiro atoms. The minimum Gasteiger partial charge on any atom is -0.489 e. The summed E-state index contributed by atoms with van der Waals surface area (Å²) in [5.74, 6) is -0.145. The maximum absolute atomic E-state index is 13.2. The molecule has 0 saturated carbocycles. The number of anilines is 1.